The molecule has 0 radical (unpaired) electrons. The Bertz CT molecular complexity index is 602. The summed E-state index contributed by atoms with van der Waals surface area (Å²) in [4.78, 5) is 14.6. The van der Waals surface area contributed by atoms with Crippen LogP contribution in [0.4, 0.5) is 0 Å². The lowest BCUT2D eigenvalue weighted by atomic mass is 10.1. The SMILES string of the molecule is CN(C(=O)c1ccnn1-c1ccccc1)C1CCCNC1. The van der Waals surface area contributed by atoms with E-state index in [9.17, 15) is 4.79 Å². The van der Waals surface area contributed by atoms with Gasteiger partial charge < -0.3 is 10.2 Å². The summed E-state index contributed by atoms with van der Waals surface area (Å²) < 4.78 is 1.70. The number of hydrogen-bond acceptors (Lipinski definition) is 3. The lowest BCUT2D eigenvalue weighted by Crippen LogP contribution is -2.47. The van der Waals surface area contributed by atoms with Gasteiger partial charge in [-0.15, -0.1) is 0 Å². The summed E-state index contributed by atoms with van der Waals surface area (Å²) in [5.41, 5.74) is 1.51. The second-order valence-corrected chi connectivity index (χ2v) is 5.38. The molecule has 3 rings (SSSR count). The molecule has 1 unspecified atom stereocenters. The topological polar surface area (TPSA) is 50.2 Å². The van der Waals surface area contributed by atoms with E-state index in [1.807, 2.05) is 42.3 Å². The number of carbonyl (C=O) groups excluding carboxylic acids is 1. The fourth-order valence-corrected chi connectivity index (χ4v) is 2.75. The van der Waals surface area contributed by atoms with E-state index in [0.29, 0.717) is 5.69 Å². The molecular weight excluding hydrogens is 264 g/mol. The Hall–Kier alpha value is -2.14. The van der Waals surface area contributed by atoms with Crippen LogP contribution in [-0.4, -0.2) is 46.8 Å². The molecule has 5 nitrogen and oxygen atoms in total. The Kier molecular flexibility index (Phi) is 4.01. The van der Waals surface area contributed by atoms with Gasteiger partial charge in [0.25, 0.3) is 5.91 Å². The highest BCUT2D eigenvalue weighted by Gasteiger charge is 2.25. The van der Waals surface area contributed by atoms with Crippen molar-refractivity contribution in [3.05, 3.63) is 48.3 Å². The molecule has 1 aliphatic heterocycles. The fraction of sp³-hybridized carbons (Fsp3) is 0.375. The second-order valence-electron chi connectivity index (χ2n) is 5.38. The number of piperidine rings is 1. The summed E-state index contributed by atoms with van der Waals surface area (Å²) >= 11 is 0. The Balaban J connectivity index is 1.84. The number of para-hydroxylation sites is 1. The summed E-state index contributed by atoms with van der Waals surface area (Å²) in [7, 11) is 1.88. The number of nitrogens with one attached hydrogen (secondary N) is 1. The summed E-state index contributed by atoms with van der Waals surface area (Å²) in [6.45, 7) is 1.90. The number of likely N-dealkylation sites (N-methyl/N-ethyl adjacent to an activating group) is 1. The van der Waals surface area contributed by atoms with E-state index in [2.05, 4.69) is 10.4 Å². The highest BCUT2D eigenvalue weighted by atomic mass is 16.2. The first-order chi connectivity index (χ1) is 10.3. The van der Waals surface area contributed by atoms with Gasteiger partial charge >= 0.3 is 0 Å². The van der Waals surface area contributed by atoms with E-state index < -0.39 is 0 Å². The lowest BCUT2D eigenvalue weighted by Gasteiger charge is -2.31. The number of carbonyl (C=O) groups is 1. The van der Waals surface area contributed by atoms with Crippen molar-refractivity contribution in [2.45, 2.75) is 18.9 Å². The summed E-state index contributed by atoms with van der Waals surface area (Å²) in [5, 5.41) is 7.63. The predicted octanol–water partition coefficient (Wildman–Crippen LogP) is 1.70. The van der Waals surface area contributed by atoms with Crippen molar-refractivity contribution in [3.63, 3.8) is 0 Å². The molecule has 1 N–H and O–H groups in total. The fourth-order valence-electron chi connectivity index (χ4n) is 2.75. The Labute approximate surface area is 124 Å². The van der Waals surface area contributed by atoms with Gasteiger partial charge in [0.15, 0.2) is 0 Å². The van der Waals surface area contributed by atoms with Gasteiger partial charge in [-0.1, -0.05) is 18.2 Å². The Morgan fingerprint density at radius 2 is 2.14 bits per heavy atom. The average Bonchev–Trinajstić information content (AvgIpc) is 3.04. The largest absolute Gasteiger partial charge is 0.336 e. The zero-order valence-corrected chi connectivity index (χ0v) is 12.2. The highest BCUT2D eigenvalue weighted by molar-refractivity contribution is 5.93. The Morgan fingerprint density at radius 1 is 1.33 bits per heavy atom. The zero-order chi connectivity index (χ0) is 14.7. The lowest BCUT2D eigenvalue weighted by molar-refractivity contribution is 0.0699. The maximum atomic E-state index is 12.7. The summed E-state index contributed by atoms with van der Waals surface area (Å²) in [6.07, 6.45) is 3.84. The van der Waals surface area contributed by atoms with Crippen molar-refractivity contribution in [1.29, 1.82) is 0 Å². The van der Waals surface area contributed by atoms with E-state index in [1.54, 1.807) is 16.9 Å². The average molecular weight is 284 g/mol. The first-order valence-electron chi connectivity index (χ1n) is 7.34. The minimum absolute atomic E-state index is 0.0186. The van der Waals surface area contributed by atoms with E-state index >= 15 is 0 Å². The standard InChI is InChI=1S/C16H20N4O/c1-19(14-8-5-10-17-12-14)16(21)15-9-11-18-20(15)13-6-3-2-4-7-13/h2-4,6-7,9,11,14,17H,5,8,10,12H2,1H3. The number of rotatable bonds is 3. The van der Waals surface area contributed by atoms with Gasteiger partial charge in [0.2, 0.25) is 0 Å². The third-order valence-electron chi connectivity index (χ3n) is 4.00. The van der Waals surface area contributed by atoms with Gasteiger partial charge in [-0.3, -0.25) is 4.79 Å². The van der Waals surface area contributed by atoms with Gasteiger partial charge in [-0.05, 0) is 37.6 Å². The van der Waals surface area contributed by atoms with Crippen LogP contribution in [0.25, 0.3) is 5.69 Å². The van der Waals surface area contributed by atoms with Crippen molar-refractivity contribution < 1.29 is 4.79 Å². The molecule has 2 heterocycles. The van der Waals surface area contributed by atoms with Crippen molar-refractivity contribution in [3.8, 4) is 5.69 Å². The third kappa shape index (κ3) is 2.83. The van der Waals surface area contributed by atoms with E-state index in [1.165, 1.54) is 0 Å². The summed E-state index contributed by atoms with van der Waals surface area (Å²) in [5.74, 6) is 0.0186. The number of aromatic nitrogens is 2. The highest BCUT2D eigenvalue weighted by Crippen LogP contribution is 2.15. The molecule has 1 fully saturated rings. The van der Waals surface area contributed by atoms with Crippen molar-refractivity contribution in [2.75, 3.05) is 20.1 Å². The number of nitrogens with zero attached hydrogens (tertiary/aromatic N) is 3. The first kappa shape index (κ1) is 13.8. The normalized spacial score (nSPS) is 18.4. The van der Waals surface area contributed by atoms with E-state index in [0.717, 1.165) is 31.6 Å². The van der Waals surface area contributed by atoms with Gasteiger partial charge in [-0.25, -0.2) is 4.68 Å². The smallest absolute Gasteiger partial charge is 0.272 e. The third-order valence-corrected chi connectivity index (χ3v) is 4.00. The molecule has 1 aromatic heterocycles. The molecule has 0 aliphatic carbocycles. The molecule has 1 aliphatic rings. The molecule has 0 saturated carbocycles. The van der Waals surface area contributed by atoms with E-state index in [4.69, 9.17) is 0 Å². The Morgan fingerprint density at radius 3 is 2.86 bits per heavy atom. The van der Waals surface area contributed by atoms with Crippen molar-refractivity contribution in [2.24, 2.45) is 0 Å². The van der Waals surface area contributed by atoms with Crippen LogP contribution < -0.4 is 5.32 Å². The quantitative estimate of drug-likeness (QED) is 0.933. The predicted molar refractivity (Wildman–Crippen MR) is 81.5 cm³/mol. The van der Waals surface area contributed by atoms with Gasteiger partial charge in [0, 0.05) is 19.6 Å². The van der Waals surface area contributed by atoms with Gasteiger partial charge in [0.05, 0.1) is 11.9 Å². The van der Waals surface area contributed by atoms with Crippen molar-refractivity contribution >= 4 is 5.91 Å². The van der Waals surface area contributed by atoms with Gasteiger partial charge in [0.1, 0.15) is 5.69 Å². The van der Waals surface area contributed by atoms with Crippen LogP contribution in [-0.2, 0) is 0 Å². The zero-order valence-electron chi connectivity index (χ0n) is 12.2. The molecule has 0 spiro atoms. The number of hydrogen-bond donors (Lipinski definition) is 1. The van der Waals surface area contributed by atoms with Crippen LogP contribution in [0.2, 0.25) is 0 Å². The molecule has 1 aromatic carbocycles. The molecule has 110 valence electrons. The molecule has 5 heteroatoms. The van der Waals surface area contributed by atoms with Crippen LogP contribution in [0.5, 0.6) is 0 Å². The minimum Gasteiger partial charge on any atom is -0.336 e. The van der Waals surface area contributed by atoms with Crippen LogP contribution in [0.3, 0.4) is 0 Å². The monoisotopic (exact) mass is 284 g/mol. The molecule has 1 atom stereocenters. The van der Waals surface area contributed by atoms with Crippen LogP contribution in [0, 0.1) is 0 Å². The van der Waals surface area contributed by atoms with Crippen LogP contribution in [0.15, 0.2) is 42.6 Å². The number of benzene rings is 1. The van der Waals surface area contributed by atoms with Crippen LogP contribution >= 0.6 is 0 Å². The molecule has 21 heavy (non-hydrogen) atoms. The summed E-state index contributed by atoms with van der Waals surface area (Å²) in [6, 6.07) is 11.8. The first-order valence-corrected chi connectivity index (χ1v) is 7.34. The molecular formula is C16H20N4O. The van der Waals surface area contributed by atoms with Crippen molar-refractivity contribution in [1.82, 2.24) is 20.0 Å². The molecule has 1 amide bonds. The van der Waals surface area contributed by atoms with E-state index in [-0.39, 0.29) is 11.9 Å². The second kappa shape index (κ2) is 6.10. The maximum absolute atomic E-state index is 12.7. The van der Waals surface area contributed by atoms with Gasteiger partial charge in [-0.2, -0.15) is 5.10 Å². The molecule has 0 bridgehead atoms. The molecule has 2 aromatic rings. The van der Waals surface area contributed by atoms with Crippen LogP contribution in [0.1, 0.15) is 23.3 Å². The number of amides is 1. The maximum Gasteiger partial charge on any atom is 0.272 e. The minimum atomic E-state index is 0.0186. The molecule has 1 saturated heterocycles.